The molecular weight excluding hydrogens is 246 g/mol. The molecule has 1 amide bonds. The zero-order chi connectivity index (χ0) is 13.3. The van der Waals surface area contributed by atoms with Crippen molar-refractivity contribution in [2.24, 2.45) is 0 Å². The Hall–Kier alpha value is -1.11. The monoisotopic (exact) mass is 265 g/mol. The number of amides is 1. The summed E-state index contributed by atoms with van der Waals surface area (Å²) in [7, 11) is -3.09. The van der Waals surface area contributed by atoms with Crippen LogP contribution in [0, 0.1) is 0 Å². The predicted molar refractivity (Wildman–Crippen MR) is 63.4 cm³/mol. The molecule has 100 valence electrons. The number of hydrogen-bond donors (Lipinski definition) is 2. The van der Waals surface area contributed by atoms with Crippen LogP contribution in [0.3, 0.4) is 0 Å². The molecule has 0 aliphatic rings. The van der Waals surface area contributed by atoms with Gasteiger partial charge in [-0.05, 0) is 12.8 Å². The molecule has 0 rings (SSSR count). The van der Waals surface area contributed by atoms with E-state index in [0.717, 1.165) is 12.7 Å². The van der Waals surface area contributed by atoms with Crippen molar-refractivity contribution in [1.29, 1.82) is 0 Å². The zero-order valence-electron chi connectivity index (χ0n) is 9.94. The second kappa shape index (κ2) is 8.05. The minimum atomic E-state index is -3.09. The summed E-state index contributed by atoms with van der Waals surface area (Å²) in [6.45, 7) is 0.461. The molecule has 2 N–H and O–H groups in total. The lowest BCUT2D eigenvalue weighted by atomic mass is 10.2. The number of sulfone groups is 1. The normalized spacial score (nSPS) is 11.1. The average molecular weight is 265 g/mol. The Morgan fingerprint density at radius 1 is 1.12 bits per heavy atom. The maximum atomic E-state index is 11.2. The van der Waals surface area contributed by atoms with Crippen LogP contribution in [0.1, 0.15) is 32.1 Å². The molecule has 0 fully saturated rings. The summed E-state index contributed by atoms with van der Waals surface area (Å²) >= 11 is 0. The van der Waals surface area contributed by atoms with E-state index in [2.05, 4.69) is 5.32 Å². The maximum Gasteiger partial charge on any atom is 0.303 e. The molecule has 0 atom stereocenters. The number of rotatable bonds is 9. The minimum absolute atomic E-state index is 0.0199. The van der Waals surface area contributed by atoms with Crippen LogP contribution in [0.4, 0.5) is 0 Å². The standard InChI is InChI=1S/C10H19NO5S/c1-17(15,16)8-6-9(12)11-7-4-2-3-5-10(13)14/h2-8H2,1H3,(H,11,12)(H,13,14). The molecule has 0 radical (unpaired) electrons. The lowest BCUT2D eigenvalue weighted by Gasteiger charge is -2.04. The fourth-order valence-electron chi connectivity index (χ4n) is 1.17. The van der Waals surface area contributed by atoms with E-state index in [4.69, 9.17) is 5.11 Å². The third-order valence-corrected chi connectivity index (χ3v) is 3.04. The summed E-state index contributed by atoms with van der Waals surface area (Å²) < 4.78 is 21.6. The highest BCUT2D eigenvalue weighted by Gasteiger charge is 2.07. The molecular formula is C10H19NO5S. The van der Waals surface area contributed by atoms with Crippen LogP contribution in [0.2, 0.25) is 0 Å². The molecule has 7 heteroatoms. The highest BCUT2D eigenvalue weighted by molar-refractivity contribution is 7.90. The van der Waals surface area contributed by atoms with Crippen LogP contribution in [0.15, 0.2) is 0 Å². The molecule has 0 spiro atoms. The Morgan fingerprint density at radius 3 is 2.29 bits per heavy atom. The number of hydrogen-bond acceptors (Lipinski definition) is 4. The molecule has 0 saturated heterocycles. The van der Waals surface area contributed by atoms with Gasteiger partial charge in [0.2, 0.25) is 5.91 Å². The summed E-state index contributed by atoms with van der Waals surface area (Å²) in [6.07, 6.45) is 3.24. The Bertz CT molecular complexity index is 350. The molecule has 0 aliphatic carbocycles. The van der Waals surface area contributed by atoms with E-state index < -0.39 is 15.8 Å². The molecule has 0 aromatic carbocycles. The Balaban J connectivity index is 3.43. The second-order valence-electron chi connectivity index (χ2n) is 3.93. The van der Waals surface area contributed by atoms with Crippen molar-refractivity contribution in [3.8, 4) is 0 Å². The van der Waals surface area contributed by atoms with Gasteiger partial charge >= 0.3 is 5.97 Å². The Kier molecular flexibility index (Phi) is 7.53. The van der Waals surface area contributed by atoms with E-state index in [1.54, 1.807) is 0 Å². The molecule has 0 aliphatic heterocycles. The van der Waals surface area contributed by atoms with E-state index in [-0.39, 0.29) is 24.5 Å². The van der Waals surface area contributed by atoms with Gasteiger partial charge in [0.1, 0.15) is 9.84 Å². The molecule has 0 aromatic rings. The highest BCUT2D eigenvalue weighted by Crippen LogP contribution is 1.98. The Morgan fingerprint density at radius 2 is 1.76 bits per heavy atom. The van der Waals surface area contributed by atoms with Crippen LogP contribution in [0.25, 0.3) is 0 Å². The van der Waals surface area contributed by atoms with Crippen LogP contribution >= 0.6 is 0 Å². The summed E-state index contributed by atoms with van der Waals surface area (Å²) in [6, 6.07) is 0. The van der Waals surface area contributed by atoms with Crippen LogP contribution in [-0.2, 0) is 19.4 Å². The maximum absolute atomic E-state index is 11.2. The molecule has 0 bridgehead atoms. The first kappa shape index (κ1) is 15.9. The predicted octanol–water partition coefficient (Wildman–Crippen LogP) is 0.182. The molecule has 17 heavy (non-hydrogen) atoms. The molecule has 0 heterocycles. The third-order valence-electron chi connectivity index (χ3n) is 2.09. The second-order valence-corrected chi connectivity index (χ2v) is 6.19. The third kappa shape index (κ3) is 12.8. The van der Waals surface area contributed by atoms with Gasteiger partial charge in [-0.1, -0.05) is 6.42 Å². The first-order valence-electron chi connectivity index (χ1n) is 5.47. The van der Waals surface area contributed by atoms with Crippen molar-refractivity contribution in [2.45, 2.75) is 32.1 Å². The van der Waals surface area contributed by atoms with Crippen molar-refractivity contribution in [3.05, 3.63) is 0 Å². The minimum Gasteiger partial charge on any atom is -0.481 e. The van der Waals surface area contributed by atoms with E-state index in [1.165, 1.54) is 0 Å². The first-order chi connectivity index (χ1) is 7.81. The van der Waals surface area contributed by atoms with Crippen molar-refractivity contribution in [3.63, 3.8) is 0 Å². The van der Waals surface area contributed by atoms with Gasteiger partial charge in [-0.2, -0.15) is 0 Å². The number of unbranched alkanes of at least 4 members (excludes halogenated alkanes) is 2. The smallest absolute Gasteiger partial charge is 0.303 e. The van der Waals surface area contributed by atoms with Gasteiger partial charge in [0.15, 0.2) is 0 Å². The van der Waals surface area contributed by atoms with Gasteiger partial charge in [0, 0.05) is 25.6 Å². The van der Waals surface area contributed by atoms with Gasteiger partial charge < -0.3 is 10.4 Å². The van der Waals surface area contributed by atoms with Gasteiger partial charge in [0.25, 0.3) is 0 Å². The van der Waals surface area contributed by atoms with Gasteiger partial charge in [-0.25, -0.2) is 8.42 Å². The number of nitrogens with one attached hydrogen (secondary N) is 1. The van der Waals surface area contributed by atoms with Crippen LogP contribution in [0.5, 0.6) is 0 Å². The van der Waals surface area contributed by atoms with E-state index in [9.17, 15) is 18.0 Å². The fourth-order valence-corrected chi connectivity index (χ4v) is 1.73. The quantitative estimate of drug-likeness (QED) is 0.579. The lowest BCUT2D eigenvalue weighted by Crippen LogP contribution is -2.26. The van der Waals surface area contributed by atoms with Crippen molar-refractivity contribution in [1.82, 2.24) is 5.32 Å². The van der Waals surface area contributed by atoms with Gasteiger partial charge in [0.05, 0.1) is 5.75 Å². The lowest BCUT2D eigenvalue weighted by molar-refractivity contribution is -0.137. The summed E-state index contributed by atoms with van der Waals surface area (Å²) in [4.78, 5) is 21.4. The molecule has 0 unspecified atom stereocenters. The summed E-state index contributed by atoms with van der Waals surface area (Å²) in [5, 5.41) is 11.0. The SMILES string of the molecule is CS(=O)(=O)CCC(=O)NCCCCCC(=O)O. The fraction of sp³-hybridized carbons (Fsp3) is 0.800. The van der Waals surface area contributed by atoms with E-state index >= 15 is 0 Å². The topological polar surface area (TPSA) is 101 Å². The van der Waals surface area contributed by atoms with Crippen LogP contribution < -0.4 is 5.32 Å². The first-order valence-corrected chi connectivity index (χ1v) is 7.53. The van der Waals surface area contributed by atoms with Gasteiger partial charge in [-0.3, -0.25) is 9.59 Å². The largest absolute Gasteiger partial charge is 0.481 e. The number of aliphatic carboxylic acids is 1. The number of carboxylic acid groups (broad SMARTS) is 1. The zero-order valence-corrected chi connectivity index (χ0v) is 10.8. The van der Waals surface area contributed by atoms with Crippen molar-refractivity contribution in [2.75, 3.05) is 18.6 Å². The average Bonchev–Trinajstić information content (AvgIpc) is 2.19. The summed E-state index contributed by atoms with van der Waals surface area (Å²) in [5.74, 6) is -1.24. The highest BCUT2D eigenvalue weighted by atomic mass is 32.2. The number of carboxylic acids is 1. The molecule has 0 aromatic heterocycles. The summed E-state index contributed by atoms with van der Waals surface area (Å²) in [5.41, 5.74) is 0. The number of carbonyl (C=O) groups excluding carboxylic acids is 1. The van der Waals surface area contributed by atoms with Crippen molar-refractivity contribution >= 4 is 21.7 Å². The molecule has 6 nitrogen and oxygen atoms in total. The van der Waals surface area contributed by atoms with Crippen molar-refractivity contribution < 1.29 is 23.1 Å². The van der Waals surface area contributed by atoms with E-state index in [1.807, 2.05) is 0 Å². The molecule has 0 saturated carbocycles. The van der Waals surface area contributed by atoms with Gasteiger partial charge in [-0.15, -0.1) is 0 Å². The van der Waals surface area contributed by atoms with E-state index in [0.29, 0.717) is 19.4 Å². The van der Waals surface area contributed by atoms with Crippen LogP contribution in [-0.4, -0.2) is 44.0 Å². The Labute approximate surface area is 101 Å². The number of carbonyl (C=O) groups is 2.